The largest absolute Gasteiger partial charge is 0.372 e. The van der Waals surface area contributed by atoms with Crippen LogP contribution >= 0.6 is 35.3 Å². The summed E-state index contributed by atoms with van der Waals surface area (Å²) in [5, 5.41) is 11.1. The Hall–Kier alpha value is -1.28. The molecule has 1 aromatic heterocycles. The molecule has 0 aliphatic carbocycles. The lowest BCUT2D eigenvalue weighted by Crippen LogP contribution is -2.38. The second-order valence-corrected chi connectivity index (χ2v) is 7.26. The molecule has 3 rings (SSSR count). The molecule has 0 spiro atoms. The normalized spacial score (nSPS) is 15.5. The van der Waals surface area contributed by atoms with E-state index >= 15 is 0 Å². The van der Waals surface area contributed by atoms with Gasteiger partial charge in [0.25, 0.3) is 0 Å². The minimum atomic E-state index is 0. The van der Waals surface area contributed by atoms with E-state index in [9.17, 15) is 0 Å². The van der Waals surface area contributed by atoms with Crippen molar-refractivity contribution in [2.75, 3.05) is 24.5 Å². The summed E-state index contributed by atoms with van der Waals surface area (Å²) in [4.78, 5) is 7.19. The highest BCUT2D eigenvalue weighted by Crippen LogP contribution is 2.24. The van der Waals surface area contributed by atoms with Crippen LogP contribution in [0, 0.1) is 0 Å². The molecule has 1 aliphatic heterocycles. The van der Waals surface area contributed by atoms with Crippen molar-refractivity contribution in [2.45, 2.75) is 39.3 Å². The zero-order valence-corrected chi connectivity index (χ0v) is 18.7. The molecule has 0 bridgehead atoms. The van der Waals surface area contributed by atoms with Crippen LogP contribution in [0.4, 0.5) is 5.69 Å². The van der Waals surface area contributed by atoms with Gasteiger partial charge >= 0.3 is 0 Å². The van der Waals surface area contributed by atoms with Crippen LogP contribution < -0.4 is 15.5 Å². The summed E-state index contributed by atoms with van der Waals surface area (Å²) in [7, 11) is 0. The number of hydrogen-bond donors (Lipinski definition) is 2. The molecule has 1 fully saturated rings. The fraction of sp³-hybridized carbons (Fsp3) is 0.450. The first-order valence-corrected chi connectivity index (χ1v) is 10.1. The van der Waals surface area contributed by atoms with Crippen molar-refractivity contribution < 1.29 is 0 Å². The molecule has 1 aromatic carbocycles. The van der Waals surface area contributed by atoms with Gasteiger partial charge in [0.2, 0.25) is 0 Å². The molecule has 1 unspecified atom stereocenters. The third-order valence-corrected chi connectivity index (χ3v) is 5.27. The maximum absolute atomic E-state index is 4.71. The third kappa shape index (κ3) is 5.87. The summed E-state index contributed by atoms with van der Waals surface area (Å²) in [6.07, 6.45) is 2.61. The molecule has 2 N–H and O–H groups in total. The molecule has 0 radical (unpaired) electrons. The van der Waals surface area contributed by atoms with Crippen molar-refractivity contribution >= 4 is 47.0 Å². The van der Waals surface area contributed by atoms with Gasteiger partial charge < -0.3 is 15.5 Å². The Morgan fingerprint density at radius 1 is 1.27 bits per heavy atom. The number of aliphatic imine (C=N–C) groups is 1. The van der Waals surface area contributed by atoms with E-state index in [1.165, 1.54) is 42.7 Å². The second-order valence-electron chi connectivity index (χ2n) is 6.48. The molecule has 0 saturated carbocycles. The average Bonchev–Trinajstić information content (AvgIpc) is 3.33. The SMILES string of the molecule is CCNC(=NCc1ccsc1)NC(C)c1cccc(N2CCCC2)c1.I. The lowest BCUT2D eigenvalue weighted by molar-refractivity contribution is 0.686. The van der Waals surface area contributed by atoms with Crippen molar-refractivity contribution in [1.29, 1.82) is 0 Å². The highest BCUT2D eigenvalue weighted by atomic mass is 127. The number of nitrogens with zero attached hydrogens (tertiary/aromatic N) is 2. The van der Waals surface area contributed by atoms with Gasteiger partial charge in [0, 0.05) is 25.3 Å². The fourth-order valence-corrected chi connectivity index (χ4v) is 3.79. The van der Waals surface area contributed by atoms with E-state index in [1.807, 2.05) is 0 Å². The maximum atomic E-state index is 4.71. The van der Waals surface area contributed by atoms with Crippen molar-refractivity contribution in [3.63, 3.8) is 0 Å². The third-order valence-electron chi connectivity index (χ3n) is 4.54. The summed E-state index contributed by atoms with van der Waals surface area (Å²) in [5.74, 6) is 0.868. The summed E-state index contributed by atoms with van der Waals surface area (Å²) in [6.45, 7) is 8.21. The van der Waals surface area contributed by atoms with Crippen LogP contribution in [0.15, 0.2) is 46.1 Å². The van der Waals surface area contributed by atoms with E-state index in [2.05, 4.69) is 70.5 Å². The summed E-state index contributed by atoms with van der Waals surface area (Å²) in [6, 6.07) is 11.2. The molecule has 2 aromatic rings. The van der Waals surface area contributed by atoms with E-state index < -0.39 is 0 Å². The van der Waals surface area contributed by atoms with Crippen molar-refractivity contribution in [2.24, 2.45) is 4.99 Å². The van der Waals surface area contributed by atoms with E-state index in [1.54, 1.807) is 11.3 Å². The van der Waals surface area contributed by atoms with Gasteiger partial charge in [-0.3, -0.25) is 0 Å². The average molecular weight is 484 g/mol. The van der Waals surface area contributed by atoms with E-state index in [0.29, 0.717) is 6.54 Å². The quantitative estimate of drug-likeness (QED) is 0.352. The van der Waals surface area contributed by atoms with Crippen LogP contribution in [-0.2, 0) is 6.54 Å². The van der Waals surface area contributed by atoms with Crippen molar-refractivity contribution in [3.05, 3.63) is 52.2 Å². The number of thiophene rings is 1. The second kappa shape index (κ2) is 10.8. The van der Waals surface area contributed by atoms with Gasteiger partial charge in [-0.15, -0.1) is 24.0 Å². The molecule has 1 aliphatic rings. The number of nitrogens with one attached hydrogen (secondary N) is 2. The van der Waals surface area contributed by atoms with Crippen LogP contribution in [0.1, 0.15) is 43.9 Å². The lowest BCUT2D eigenvalue weighted by atomic mass is 10.1. The molecule has 1 saturated heterocycles. The highest BCUT2D eigenvalue weighted by Gasteiger charge is 2.14. The minimum absolute atomic E-state index is 0. The Morgan fingerprint density at radius 3 is 2.77 bits per heavy atom. The fourth-order valence-electron chi connectivity index (χ4n) is 3.13. The van der Waals surface area contributed by atoms with Crippen molar-refractivity contribution in [1.82, 2.24) is 10.6 Å². The monoisotopic (exact) mass is 484 g/mol. The van der Waals surface area contributed by atoms with Crippen LogP contribution in [0.25, 0.3) is 0 Å². The predicted molar refractivity (Wildman–Crippen MR) is 124 cm³/mol. The molecule has 6 heteroatoms. The van der Waals surface area contributed by atoms with E-state index in [-0.39, 0.29) is 30.0 Å². The van der Waals surface area contributed by atoms with E-state index in [0.717, 1.165) is 12.5 Å². The zero-order valence-electron chi connectivity index (χ0n) is 15.6. The van der Waals surface area contributed by atoms with Gasteiger partial charge in [-0.2, -0.15) is 11.3 Å². The van der Waals surface area contributed by atoms with Crippen LogP contribution in [0.3, 0.4) is 0 Å². The molecular weight excluding hydrogens is 455 g/mol. The standard InChI is InChI=1S/C20H28N4S.HI/c1-3-21-20(22-14-17-9-12-25-15-17)23-16(2)18-7-6-8-19(13-18)24-10-4-5-11-24;/h6-9,12-13,15-16H,3-5,10-11,14H2,1-2H3,(H2,21,22,23);1H. The van der Waals surface area contributed by atoms with Gasteiger partial charge in [-0.05, 0) is 66.8 Å². The number of anilines is 1. The van der Waals surface area contributed by atoms with E-state index in [4.69, 9.17) is 4.99 Å². The summed E-state index contributed by atoms with van der Waals surface area (Å²) < 4.78 is 0. The molecular formula is C20H29IN4S. The van der Waals surface area contributed by atoms with Gasteiger partial charge in [0.15, 0.2) is 5.96 Å². The predicted octanol–water partition coefficient (Wildman–Crippen LogP) is 4.78. The Kier molecular flexibility index (Phi) is 8.71. The highest BCUT2D eigenvalue weighted by molar-refractivity contribution is 14.0. The minimum Gasteiger partial charge on any atom is -0.372 e. The number of hydrogen-bond acceptors (Lipinski definition) is 3. The van der Waals surface area contributed by atoms with Gasteiger partial charge in [-0.1, -0.05) is 12.1 Å². The first-order valence-electron chi connectivity index (χ1n) is 9.17. The Balaban J connectivity index is 0.00000243. The topological polar surface area (TPSA) is 39.7 Å². The van der Waals surface area contributed by atoms with Crippen molar-refractivity contribution in [3.8, 4) is 0 Å². The number of halogens is 1. The van der Waals surface area contributed by atoms with Crippen LogP contribution in [-0.4, -0.2) is 25.6 Å². The Morgan fingerprint density at radius 2 is 2.08 bits per heavy atom. The number of rotatable bonds is 6. The van der Waals surface area contributed by atoms with Crippen LogP contribution in [0.5, 0.6) is 0 Å². The lowest BCUT2D eigenvalue weighted by Gasteiger charge is -2.22. The summed E-state index contributed by atoms with van der Waals surface area (Å²) >= 11 is 1.71. The molecule has 0 amide bonds. The molecule has 4 nitrogen and oxygen atoms in total. The molecule has 1 atom stereocenters. The smallest absolute Gasteiger partial charge is 0.192 e. The van der Waals surface area contributed by atoms with Gasteiger partial charge in [0.05, 0.1) is 12.6 Å². The maximum Gasteiger partial charge on any atom is 0.192 e. The Labute approximate surface area is 178 Å². The number of guanidine groups is 1. The Bertz CT molecular complexity index is 681. The molecule has 142 valence electrons. The first-order chi connectivity index (χ1) is 12.3. The zero-order chi connectivity index (χ0) is 17.5. The number of benzene rings is 1. The summed E-state index contributed by atoms with van der Waals surface area (Å²) in [5.41, 5.74) is 3.89. The molecule has 26 heavy (non-hydrogen) atoms. The first kappa shape index (κ1) is 21.0. The van der Waals surface area contributed by atoms with Gasteiger partial charge in [0.1, 0.15) is 0 Å². The molecule has 2 heterocycles. The van der Waals surface area contributed by atoms with Gasteiger partial charge in [-0.25, -0.2) is 4.99 Å². The van der Waals surface area contributed by atoms with Crippen LogP contribution in [0.2, 0.25) is 0 Å².